The minimum Gasteiger partial charge on any atom is -0.494 e. The summed E-state index contributed by atoms with van der Waals surface area (Å²) in [6, 6.07) is 22.9. The first-order valence-electron chi connectivity index (χ1n) is 12.5. The van der Waals surface area contributed by atoms with E-state index >= 15 is 0 Å². The van der Waals surface area contributed by atoms with Crippen molar-refractivity contribution in [1.82, 2.24) is 9.91 Å². The number of carbonyl (C=O) groups is 1. The smallest absolute Gasteiger partial charge is 0.257 e. The summed E-state index contributed by atoms with van der Waals surface area (Å²) in [6.07, 6.45) is 1.68. The summed E-state index contributed by atoms with van der Waals surface area (Å²) < 4.78 is 5.63. The van der Waals surface area contributed by atoms with E-state index in [0.29, 0.717) is 19.6 Å². The molecule has 0 bridgehead atoms. The van der Waals surface area contributed by atoms with Gasteiger partial charge < -0.3 is 4.74 Å². The Balaban J connectivity index is 1.40. The average Bonchev–Trinajstić information content (AvgIpc) is 3.30. The fourth-order valence-corrected chi connectivity index (χ4v) is 5.21. The maximum absolute atomic E-state index is 13.6. The summed E-state index contributed by atoms with van der Waals surface area (Å²) in [5.41, 5.74) is 8.29. The van der Waals surface area contributed by atoms with Crippen molar-refractivity contribution in [1.29, 1.82) is 0 Å². The molecule has 0 aromatic heterocycles. The number of amides is 1. The van der Waals surface area contributed by atoms with Gasteiger partial charge in [-0.05, 0) is 61.6 Å². The van der Waals surface area contributed by atoms with Gasteiger partial charge in [0.1, 0.15) is 5.75 Å². The van der Waals surface area contributed by atoms with Gasteiger partial charge in [-0.2, -0.15) is 5.10 Å². The Hall–Kier alpha value is -3.44. The Labute approximate surface area is 208 Å². The van der Waals surface area contributed by atoms with Crippen molar-refractivity contribution in [2.24, 2.45) is 5.10 Å². The van der Waals surface area contributed by atoms with E-state index < -0.39 is 0 Å². The molecule has 0 saturated heterocycles. The number of hydrogen-bond donors (Lipinski definition) is 0. The predicted octanol–water partition coefficient (Wildman–Crippen LogP) is 5.44. The molecule has 1 atom stereocenters. The van der Waals surface area contributed by atoms with Crippen LogP contribution in [0, 0.1) is 13.8 Å². The Kier molecular flexibility index (Phi) is 6.69. The second-order valence-corrected chi connectivity index (χ2v) is 9.55. The number of ether oxygens (including phenoxy) is 1. The number of carbonyl (C=O) groups excluding carboxylic acids is 1. The SMILES string of the molecule is CCOc1ccc(C2CC(c3ccc(C)cc3C)=NN2C(=O)CN2CCc3ccccc3C2)cc1. The van der Waals surface area contributed by atoms with Gasteiger partial charge in [-0.25, -0.2) is 5.01 Å². The lowest BCUT2D eigenvalue weighted by atomic mass is 9.95. The summed E-state index contributed by atoms with van der Waals surface area (Å²) >= 11 is 0. The molecule has 1 amide bonds. The lowest BCUT2D eigenvalue weighted by molar-refractivity contribution is -0.134. The van der Waals surface area contributed by atoms with Crippen LogP contribution in [-0.2, 0) is 17.8 Å². The Morgan fingerprint density at radius 3 is 2.54 bits per heavy atom. The zero-order valence-corrected chi connectivity index (χ0v) is 20.8. The van der Waals surface area contributed by atoms with Crippen molar-refractivity contribution in [3.63, 3.8) is 0 Å². The average molecular weight is 468 g/mol. The van der Waals surface area contributed by atoms with Gasteiger partial charge in [0.05, 0.1) is 24.9 Å². The highest BCUT2D eigenvalue weighted by Gasteiger charge is 2.34. The monoisotopic (exact) mass is 467 g/mol. The number of fused-ring (bicyclic) bond motifs is 1. The Morgan fingerprint density at radius 1 is 1.03 bits per heavy atom. The molecule has 35 heavy (non-hydrogen) atoms. The van der Waals surface area contributed by atoms with Gasteiger partial charge >= 0.3 is 0 Å². The second kappa shape index (κ2) is 10.0. The molecule has 5 rings (SSSR count). The fourth-order valence-electron chi connectivity index (χ4n) is 5.21. The van der Waals surface area contributed by atoms with Crippen molar-refractivity contribution in [3.05, 3.63) is 100 Å². The van der Waals surface area contributed by atoms with Crippen LogP contribution >= 0.6 is 0 Å². The molecule has 3 aromatic carbocycles. The largest absolute Gasteiger partial charge is 0.494 e. The molecule has 0 N–H and O–H groups in total. The van der Waals surface area contributed by atoms with E-state index in [0.717, 1.165) is 42.1 Å². The van der Waals surface area contributed by atoms with Gasteiger partial charge in [-0.15, -0.1) is 0 Å². The summed E-state index contributed by atoms with van der Waals surface area (Å²) in [4.78, 5) is 15.9. The van der Waals surface area contributed by atoms with Crippen LogP contribution in [0.25, 0.3) is 0 Å². The summed E-state index contributed by atoms with van der Waals surface area (Å²) in [6.45, 7) is 8.89. The first-order valence-corrected chi connectivity index (χ1v) is 12.5. The topological polar surface area (TPSA) is 45.1 Å². The molecule has 0 saturated carbocycles. The molecular formula is C30H33N3O2. The summed E-state index contributed by atoms with van der Waals surface area (Å²) in [5.74, 6) is 0.887. The molecule has 2 aliphatic rings. The molecule has 5 heteroatoms. The molecule has 3 aromatic rings. The second-order valence-electron chi connectivity index (χ2n) is 9.55. The lowest BCUT2D eigenvalue weighted by Crippen LogP contribution is -2.40. The van der Waals surface area contributed by atoms with Crippen LogP contribution in [0.15, 0.2) is 71.8 Å². The van der Waals surface area contributed by atoms with Crippen molar-refractivity contribution in [2.75, 3.05) is 19.7 Å². The third-order valence-electron chi connectivity index (χ3n) is 7.00. The van der Waals surface area contributed by atoms with Crippen LogP contribution in [0.3, 0.4) is 0 Å². The lowest BCUT2D eigenvalue weighted by Gasteiger charge is -2.30. The highest BCUT2D eigenvalue weighted by atomic mass is 16.5. The number of aryl methyl sites for hydroxylation is 2. The molecular weight excluding hydrogens is 434 g/mol. The van der Waals surface area contributed by atoms with Crippen LogP contribution in [0.1, 0.15) is 52.8 Å². The molecule has 180 valence electrons. The Bertz CT molecular complexity index is 1250. The van der Waals surface area contributed by atoms with E-state index in [-0.39, 0.29) is 11.9 Å². The van der Waals surface area contributed by atoms with Gasteiger partial charge in [0.15, 0.2) is 0 Å². The Morgan fingerprint density at radius 2 is 1.80 bits per heavy atom. The molecule has 0 aliphatic carbocycles. The predicted molar refractivity (Wildman–Crippen MR) is 140 cm³/mol. The summed E-state index contributed by atoms with van der Waals surface area (Å²) in [5, 5.41) is 6.64. The highest BCUT2D eigenvalue weighted by molar-refractivity contribution is 6.04. The van der Waals surface area contributed by atoms with Gasteiger partial charge in [0.25, 0.3) is 5.91 Å². The number of rotatable bonds is 6. The minimum atomic E-state index is -0.119. The molecule has 0 spiro atoms. The molecule has 5 nitrogen and oxygen atoms in total. The number of nitrogens with zero attached hydrogens (tertiary/aromatic N) is 3. The number of hydrogen-bond acceptors (Lipinski definition) is 4. The van der Waals surface area contributed by atoms with Crippen molar-refractivity contribution in [2.45, 2.75) is 46.2 Å². The quantitative estimate of drug-likeness (QED) is 0.485. The van der Waals surface area contributed by atoms with E-state index in [1.54, 1.807) is 5.01 Å². The number of hydrazone groups is 1. The van der Waals surface area contributed by atoms with Gasteiger partial charge in [-0.3, -0.25) is 9.69 Å². The first kappa shape index (κ1) is 23.3. The van der Waals surface area contributed by atoms with Crippen molar-refractivity contribution < 1.29 is 9.53 Å². The number of benzene rings is 3. The van der Waals surface area contributed by atoms with Gasteiger partial charge in [-0.1, -0.05) is 60.2 Å². The van der Waals surface area contributed by atoms with E-state index in [1.807, 2.05) is 19.1 Å². The molecule has 1 unspecified atom stereocenters. The molecule has 2 heterocycles. The minimum absolute atomic E-state index is 0.0445. The molecule has 2 aliphatic heterocycles. The van der Waals surface area contributed by atoms with Crippen molar-refractivity contribution in [3.8, 4) is 5.75 Å². The first-order chi connectivity index (χ1) is 17.0. The van der Waals surface area contributed by atoms with E-state index in [2.05, 4.69) is 73.3 Å². The van der Waals surface area contributed by atoms with E-state index in [1.165, 1.54) is 22.3 Å². The normalized spacial score (nSPS) is 17.7. The van der Waals surface area contributed by atoms with Crippen LogP contribution in [0.4, 0.5) is 0 Å². The van der Waals surface area contributed by atoms with Crippen LogP contribution < -0.4 is 4.74 Å². The third-order valence-corrected chi connectivity index (χ3v) is 7.00. The summed E-state index contributed by atoms with van der Waals surface area (Å²) in [7, 11) is 0. The van der Waals surface area contributed by atoms with E-state index in [9.17, 15) is 4.79 Å². The van der Waals surface area contributed by atoms with Crippen LogP contribution in [-0.4, -0.2) is 41.2 Å². The fraction of sp³-hybridized carbons (Fsp3) is 0.333. The van der Waals surface area contributed by atoms with Crippen molar-refractivity contribution >= 4 is 11.6 Å². The highest BCUT2D eigenvalue weighted by Crippen LogP contribution is 2.34. The third kappa shape index (κ3) is 5.01. The zero-order valence-electron chi connectivity index (χ0n) is 20.8. The van der Waals surface area contributed by atoms with Crippen LogP contribution in [0.2, 0.25) is 0 Å². The van der Waals surface area contributed by atoms with Crippen LogP contribution in [0.5, 0.6) is 5.75 Å². The van der Waals surface area contributed by atoms with Gasteiger partial charge in [0.2, 0.25) is 0 Å². The maximum atomic E-state index is 13.6. The molecule has 0 fully saturated rings. The van der Waals surface area contributed by atoms with Gasteiger partial charge in [0, 0.05) is 25.1 Å². The molecule has 0 radical (unpaired) electrons. The standard InChI is InChI=1S/C30H33N3O2/c1-4-35-26-12-10-24(11-13-26)29-18-28(27-14-9-21(2)17-22(27)3)31-33(29)30(34)20-32-16-15-23-7-5-6-8-25(23)19-32/h5-14,17,29H,4,15-16,18-20H2,1-3H3. The van der Waals surface area contributed by atoms with E-state index in [4.69, 9.17) is 9.84 Å². The zero-order chi connectivity index (χ0) is 24.4. The maximum Gasteiger partial charge on any atom is 0.257 e.